The van der Waals surface area contributed by atoms with Crippen molar-refractivity contribution < 1.29 is 17.7 Å². The summed E-state index contributed by atoms with van der Waals surface area (Å²) in [7, 11) is 0. The number of nitrogens with one attached hydrogen (secondary N) is 1. The molecule has 0 aromatic carbocycles. The zero-order chi connectivity index (χ0) is 20.6. The molecule has 4 aromatic rings. The lowest BCUT2D eigenvalue weighted by atomic mass is 10.2. The molecular weight excluding hydrogens is 385 g/mol. The van der Waals surface area contributed by atoms with E-state index in [0.29, 0.717) is 29.6 Å². The molecule has 0 amide bonds. The number of rotatable bonds is 5. The van der Waals surface area contributed by atoms with E-state index in [9.17, 15) is 13.2 Å². The fourth-order valence-electron chi connectivity index (χ4n) is 3.01. The predicted octanol–water partition coefficient (Wildman–Crippen LogP) is 4.11. The Morgan fingerprint density at radius 2 is 1.93 bits per heavy atom. The van der Waals surface area contributed by atoms with Crippen LogP contribution in [0.25, 0.3) is 11.0 Å². The number of alkyl halides is 3. The van der Waals surface area contributed by atoms with Gasteiger partial charge in [0.25, 0.3) is 0 Å². The molecule has 0 aliphatic rings. The van der Waals surface area contributed by atoms with E-state index >= 15 is 0 Å². The van der Waals surface area contributed by atoms with Gasteiger partial charge in [-0.1, -0.05) is 5.16 Å². The van der Waals surface area contributed by atoms with E-state index in [-0.39, 0.29) is 6.54 Å². The molecule has 4 aromatic heterocycles. The van der Waals surface area contributed by atoms with Gasteiger partial charge in [-0.15, -0.1) is 0 Å². The molecule has 0 unspecified atom stereocenters. The van der Waals surface area contributed by atoms with E-state index < -0.39 is 11.7 Å². The van der Waals surface area contributed by atoms with Gasteiger partial charge in [-0.2, -0.15) is 13.2 Å². The number of fused-ring (bicyclic) bond motifs is 1. The van der Waals surface area contributed by atoms with E-state index in [0.717, 1.165) is 29.0 Å². The number of anilines is 1. The van der Waals surface area contributed by atoms with E-state index in [1.165, 1.54) is 6.07 Å². The third-order valence-electron chi connectivity index (χ3n) is 4.32. The average molecular weight is 402 g/mol. The first kappa shape index (κ1) is 18.9. The van der Waals surface area contributed by atoms with Crippen LogP contribution in [0.5, 0.6) is 0 Å². The molecule has 1 N–H and O–H groups in total. The minimum absolute atomic E-state index is 0.284. The highest BCUT2D eigenvalue weighted by molar-refractivity contribution is 5.86. The van der Waals surface area contributed by atoms with Crippen molar-refractivity contribution in [3.63, 3.8) is 0 Å². The van der Waals surface area contributed by atoms with Crippen molar-refractivity contribution >= 4 is 16.9 Å². The Balaban J connectivity index is 1.63. The summed E-state index contributed by atoms with van der Waals surface area (Å²) in [6, 6.07) is 6.05. The summed E-state index contributed by atoms with van der Waals surface area (Å²) in [6.07, 6.45) is -1.76. The highest BCUT2D eigenvalue weighted by Crippen LogP contribution is 2.29. The van der Waals surface area contributed by atoms with Crippen LogP contribution in [0.2, 0.25) is 0 Å². The van der Waals surface area contributed by atoms with E-state index in [2.05, 4.69) is 25.4 Å². The first-order valence-electron chi connectivity index (χ1n) is 8.81. The van der Waals surface area contributed by atoms with Gasteiger partial charge in [-0.3, -0.25) is 4.98 Å². The van der Waals surface area contributed by atoms with Crippen molar-refractivity contribution in [2.45, 2.75) is 33.1 Å². The number of halogens is 3. The van der Waals surface area contributed by atoms with Crippen LogP contribution < -0.4 is 5.32 Å². The first-order chi connectivity index (χ1) is 13.8. The van der Waals surface area contributed by atoms with Crippen molar-refractivity contribution in [3.05, 3.63) is 65.2 Å². The van der Waals surface area contributed by atoms with E-state index in [1.54, 1.807) is 6.92 Å². The fraction of sp³-hybridized carbons (Fsp3) is 0.263. The molecule has 29 heavy (non-hydrogen) atoms. The number of aryl methyl sites for hydroxylation is 2. The van der Waals surface area contributed by atoms with Gasteiger partial charge in [0.2, 0.25) is 0 Å². The van der Waals surface area contributed by atoms with Crippen molar-refractivity contribution in [3.8, 4) is 0 Å². The highest BCUT2D eigenvalue weighted by atomic mass is 19.4. The molecule has 0 atom stereocenters. The monoisotopic (exact) mass is 402 g/mol. The minimum atomic E-state index is -4.41. The summed E-state index contributed by atoms with van der Waals surface area (Å²) in [6.45, 7) is 4.30. The smallest absolute Gasteiger partial charge is 0.362 e. The summed E-state index contributed by atoms with van der Waals surface area (Å²) in [4.78, 5) is 12.8. The van der Waals surface area contributed by atoms with Crippen LogP contribution in [0, 0.1) is 13.8 Å². The Morgan fingerprint density at radius 3 is 2.59 bits per heavy atom. The van der Waals surface area contributed by atoms with Gasteiger partial charge in [0.15, 0.2) is 5.82 Å². The largest absolute Gasteiger partial charge is 0.417 e. The molecule has 10 heteroatoms. The highest BCUT2D eigenvalue weighted by Gasteiger charge is 2.30. The van der Waals surface area contributed by atoms with Crippen molar-refractivity contribution in [2.24, 2.45) is 0 Å². The van der Waals surface area contributed by atoms with Crippen LogP contribution in [-0.2, 0) is 19.3 Å². The van der Waals surface area contributed by atoms with E-state index in [1.807, 2.05) is 29.8 Å². The van der Waals surface area contributed by atoms with E-state index in [4.69, 9.17) is 4.52 Å². The summed E-state index contributed by atoms with van der Waals surface area (Å²) in [5.74, 6) is 1.91. The molecule has 0 aliphatic heterocycles. The normalized spacial score (nSPS) is 11.9. The Bertz CT molecular complexity index is 1150. The van der Waals surface area contributed by atoms with Gasteiger partial charge in [0.05, 0.1) is 29.9 Å². The zero-order valence-corrected chi connectivity index (χ0v) is 15.7. The number of aromatic nitrogens is 5. The fourth-order valence-corrected chi connectivity index (χ4v) is 3.01. The van der Waals surface area contributed by atoms with Crippen LogP contribution in [-0.4, -0.2) is 24.7 Å². The average Bonchev–Trinajstić information content (AvgIpc) is 3.25. The van der Waals surface area contributed by atoms with Gasteiger partial charge < -0.3 is 14.4 Å². The maximum absolute atomic E-state index is 12.7. The Labute approximate surface area is 163 Å². The topological polar surface area (TPSA) is 81.7 Å². The van der Waals surface area contributed by atoms with Crippen molar-refractivity contribution in [1.29, 1.82) is 0 Å². The number of pyridine rings is 1. The number of hydrogen-bond donors (Lipinski definition) is 1. The third-order valence-corrected chi connectivity index (χ3v) is 4.32. The second kappa shape index (κ2) is 7.19. The van der Waals surface area contributed by atoms with Gasteiger partial charge in [0.1, 0.15) is 22.8 Å². The van der Waals surface area contributed by atoms with Gasteiger partial charge in [0, 0.05) is 18.5 Å². The quantitative estimate of drug-likeness (QED) is 0.541. The molecule has 0 radical (unpaired) electrons. The van der Waals surface area contributed by atoms with Crippen LogP contribution in [0.1, 0.15) is 28.5 Å². The lowest BCUT2D eigenvalue weighted by Gasteiger charge is -2.11. The predicted molar refractivity (Wildman–Crippen MR) is 99.2 cm³/mol. The van der Waals surface area contributed by atoms with Crippen LogP contribution in [0.4, 0.5) is 19.0 Å². The zero-order valence-electron chi connectivity index (χ0n) is 15.7. The second-order valence-electron chi connectivity index (χ2n) is 6.62. The number of hydrogen-bond acceptors (Lipinski definition) is 6. The standard InChI is InChI=1S/C19H17F3N6O/c1-11-7-15(27-29-11)9-24-18-17-16(25-12(2)26-18)5-6-28(17)10-14-4-3-13(8-23-14)19(20,21)22/h3-8H,9-10H2,1-2H3,(H,24,25,26). The lowest BCUT2D eigenvalue weighted by molar-refractivity contribution is -0.137. The van der Waals surface area contributed by atoms with Crippen LogP contribution in [0.15, 0.2) is 41.2 Å². The van der Waals surface area contributed by atoms with Gasteiger partial charge >= 0.3 is 6.18 Å². The molecule has 0 fully saturated rings. The molecule has 4 heterocycles. The molecular formula is C19H17F3N6O. The maximum Gasteiger partial charge on any atom is 0.417 e. The van der Waals surface area contributed by atoms with Crippen LogP contribution in [0.3, 0.4) is 0 Å². The lowest BCUT2D eigenvalue weighted by Crippen LogP contribution is -2.09. The Morgan fingerprint density at radius 1 is 1.10 bits per heavy atom. The molecule has 0 saturated heterocycles. The summed E-state index contributed by atoms with van der Waals surface area (Å²) >= 11 is 0. The maximum atomic E-state index is 12.7. The van der Waals surface area contributed by atoms with Gasteiger partial charge in [-0.05, 0) is 32.0 Å². The summed E-state index contributed by atoms with van der Waals surface area (Å²) < 4.78 is 45.1. The Kier molecular flexibility index (Phi) is 4.69. The molecule has 0 aliphatic carbocycles. The minimum Gasteiger partial charge on any atom is -0.362 e. The molecule has 0 bridgehead atoms. The molecule has 0 spiro atoms. The van der Waals surface area contributed by atoms with Crippen molar-refractivity contribution in [1.82, 2.24) is 24.7 Å². The summed E-state index contributed by atoms with van der Waals surface area (Å²) in [5, 5.41) is 7.19. The van der Waals surface area contributed by atoms with Crippen LogP contribution >= 0.6 is 0 Å². The third kappa shape index (κ3) is 4.05. The molecule has 0 saturated carbocycles. The summed E-state index contributed by atoms with van der Waals surface area (Å²) in [5.41, 5.74) is 1.91. The SMILES string of the molecule is Cc1nc(NCc2cc(C)on2)c2c(ccn2Cc2ccc(C(F)(F)F)cn2)n1. The first-order valence-corrected chi connectivity index (χ1v) is 8.81. The molecule has 7 nitrogen and oxygen atoms in total. The molecule has 4 rings (SSSR count). The Hall–Kier alpha value is -3.43. The number of nitrogens with zero attached hydrogens (tertiary/aromatic N) is 5. The van der Waals surface area contributed by atoms with Crippen molar-refractivity contribution in [2.75, 3.05) is 5.32 Å². The molecule has 150 valence electrons. The van der Waals surface area contributed by atoms with Gasteiger partial charge in [-0.25, -0.2) is 9.97 Å². The second-order valence-corrected chi connectivity index (χ2v) is 6.62.